The molecule has 7 amide bonds. The molecule has 270 valence electrons. The van der Waals surface area contributed by atoms with E-state index in [9.17, 15) is 28.8 Å². The number of ether oxygens (including phenoxy) is 4. The summed E-state index contributed by atoms with van der Waals surface area (Å²) in [6.07, 6.45) is 1.96. The van der Waals surface area contributed by atoms with Crippen molar-refractivity contribution in [2.75, 3.05) is 62.2 Å². The first-order chi connectivity index (χ1) is 25.2. The van der Waals surface area contributed by atoms with Crippen LogP contribution in [0.4, 0.5) is 21.9 Å². The van der Waals surface area contributed by atoms with E-state index in [1.807, 2.05) is 24.4 Å². The highest BCUT2D eigenvalue weighted by Gasteiger charge is 2.44. The van der Waals surface area contributed by atoms with Gasteiger partial charge in [0.15, 0.2) is 0 Å². The highest BCUT2D eigenvalue weighted by molar-refractivity contribution is 6.23. The molecule has 0 aliphatic carbocycles. The summed E-state index contributed by atoms with van der Waals surface area (Å²) >= 11 is 0. The van der Waals surface area contributed by atoms with Crippen molar-refractivity contribution in [2.45, 2.75) is 18.9 Å². The number of fused-ring (bicyclic) bond motifs is 2. The van der Waals surface area contributed by atoms with Crippen LogP contribution in [0.25, 0.3) is 10.9 Å². The Labute approximate surface area is 297 Å². The fourth-order valence-corrected chi connectivity index (χ4v) is 5.62. The van der Waals surface area contributed by atoms with Crippen molar-refractivity contribution in [1.82, 2.24) is 15.2 Å². The predicted molar refractivity (Wildman–Crippen MR) is 187 cm³/mol. The fourth-order valence-electron chi connectivity index (χ4n) is 5.62. The topological polar surface area (TPSA) is 206 Å². The molecule has 1 atom stereocenters. The van der Waals surface area contributed by atoms with Gasteiger partial charge in [-0.15, -0.1) is 0 Å². The van der Waals surface area contributed by atoms with E-state index in [0.717, 1.165) is 15.8 Å². The van der Waals surface area contributed by atoms with E-state index in [4.69, 9.17) is 18.9 Å². The number of anilines is 3. The Morgan fingerprint density at radius 2 is 1.37 bits per heavy atom. The molecule has 1 aromatic heterocycles. The second-order valence-corrected chi connectivity index (χ2v) is 11.8. The third-order valence-electron chi connectivity index (χ3n) is 8.12. The molecule has 1 unspecified atom stereocenters. The van der Waals surface area contributed by atoms with E-state index >= 15 is 0 Å². The van der Waals surface area contributed by atoms with Crippen molar-refractivity contribution in [3.05, 3.63) is 84.1 Å². The van der Waals surface area contributed by atoms with Gasteiger partial charge in [0.2, 0.25) is 17.7 Å². The second-order valence-electron chi connectivity index (χ2n) is 11.8. The lowest BCUT2D eigenvalue weighted by molar-refractivity contribution is -0.136. The molecule has 2 aliphatic rings. The number of nitrogens with zero attached hydrogens (tertiary/aromatic N) is 1. The number of hydrogen-bond donors (Lipinski definition) is 5. The van der Waals surface area contributed by atoms with Gasteiger partial charge in [-0.3, -0.25) is 34.2 Å². The minimum atomic E-state index is -1.03. The van der Waals surface area contributed by atoms with Gasteiger partial charge >= 0.3 is 6.03 Å². The Bertz CT molecular complexity index is 1980. The highest BCUT2D eigenvalue weighted by Crippen LogP contribution is 2.30. The summed E-state index contributed by atoms with van der Waals surface area (Å²) in [7, 11) is 0. The first kappa shape index (κ1) is 35.7. The van der Waals surface area contributed by atoms with Gasteiger partial charge in [-0.2, -0.15) is 0 Å². The number of rotatable bonds is 16. The maximum atomic E-state index is 12.9. The number of nitrogens with one attached hydrogen (secondary N) is 5. The molecule has 0 saturated carbocycles. The number of aromatic nitrogens is 1. The number of benzene rings is 3. The molecule has 3 aromatic carbocycles. The molecule has 1 fully saturated rings. The minimum absolute atomic E-state index is 0.0469. The van der Waals surface area contributed by atoms with Crippen LogP contribution >= 0.6 is 0 Å². The van der Waals surface area contributed by atoms with Gasteiger partial charge in [-0.1, -0.05) is 0 Å². The Hall–Kier alpha value is -6.10. The van der Waals surface area contributed by atoms with Crippen LogP contribution < -0.4 is 26.0 Å². The van der Waals surface area contributed by atoms with Gasteiger partial charge in [0.1, 0.15) is 25.0 Å². The minimum Gasteiger partial charge on any atom is -0.491 e. The van der Waals surface area contributed by atoms with Crippen LogP contribution in [-0.2, 0) is 28.6 Å². The lowest BCUT2D eigenvalue weighted by Gasteiger charge is -2.27. The SMILES string of the molecule is O=C1CCC(N2C(=O)c3ccc(OCCOCCOCCOCC(=O)Nc4ccc(NC(=O)Nc5ccc6[nH]ccc6c5)cc4)cc3C2=O)C(=O)N1. The molecule has 6 rings (SSSR count). The van der Waals surface area contributed by atoms with Gasteiger partial charge in [0, 0.05) is 40.6 Å². The molecule has 5 N–H and O–H groups in total. The molecule has 2 aliphatic heterocycles. The molecule has 16 nitrogen and oxygen atoms in total. The van der Waals surface area contributed by atoms with Crippen LogP contribution in [0.15, 0.2) is 72.9 Å². The van der Waals surface area contributed by atoms with Crippen molar-refractivity contribution in [2.24, 2.45) is 0 Å². The summed E-state index contributed by atoms with van der Waals surface area (Å²) in [5, 5.41) is 11.4. The van der Waals surface area contributed by atoms with Crippen molar-refractivity contribution in [1.29, 1.82) is 0 Å². The lowest BCUT2D eigenvalue weighted by Crippen LogP contribution is -2.54. The van der Waals surface area contributed by atoms with E-state index in [1.54, 1.807) is 36.4 Å². The molecule has 3 heterocycles. The molecule has 52 heavy (non-hydrogen) atoms. The standard InChI is InChI=1S/C36H36N6O10/c43-31-10-9-30(33(45)41-31)42-34(46)27-7-6-26(20-28(27)35(42)47)52-18-17-50-14-13-49-15-16-51-21-32(44)38-23-1-3-24(4-2-23)39-36(48)40-25-5-8-29-22(19-25)11-12-37-29/h1-8,11-12,19-20,30,37H,9-10,13-18,21H2,(H,38,44)(H2,39,40,48)(H,41,43,45). The number of H-pyrrole nitrogens is 1. The number of carbonyl (C=O) groups excluding carboxylic acids is 6. The van der Waals surface area contributed by atoms with Gasteiger partial charge in [-0.05, 0) is 73.2 Å². The molecule has 0 bridgehead atoms. The number of urea groups is 1. The van der Waals surface area contributed by atoms with E-state index in [2.05, 4.69) is 26.3 Å². The summed E-state index contributed by atoms with van der Waals surface area (Å²) < 4.78 is 22.0. The first-order valence-electron chi connectivity index (χ1n) is 16.5. The van der Waals surface area contributed by atoms with Gasteiger partial charge < -0.3 is 39.9 Å². The van der Waals surface area contributed by atoms with Crippen molar-refractivity contribution < 1.29 is 47.7 Å². The zero-order chi connectivity index (χ0) is 36.5. The zero-order valence-corrected chi connectivity index (χ0v) is 27.9. The Morgan fingerprint density at radius 1 is 0.712 bits per heavy atom. The predicted octanol–water partition coefficient (Wildman–Crippen LogP) is 3.28. The van der Waals surface area contributed by atoms with Crippen LogP contribution in [0.3, 0.4) is 0 Å². The Kier molecular flexibility index (Phi) is 11.5. The highest BCUT2D eigenvalue weighted by atomic mass is 16.6. The van der Waals surface area contributed by atoms with Crippen LogP contribution in [0, 0.1) is 0 Å². The Balaban J connectivity index is 0.790. The number of piperidine rings is 1. The molecule has 0 spiro atoms. The van der Waals surface area contributed by atoms with Crippen molar-refractivity contribution >= 4 is 63.5 Å². The summed E-state index contributed by atoms with van der Waals surface area (Å²) in [4.78, 5) is 78.0. The van der Waals surface area contributed by atoms with E-state index < -0.39 is 35.7 Å². The Morgan fingerprint density at radius 3 is 2.12 bits per heavy atom. The van der Waals surface area contributed by atoms with Gasteiger partial charge in [0.25, 0.3) is 11.8 Å². The first-order valence-corrected chi connectivity index (χ1v) is 16.5. The second kappa shape index (κ2) is 16.7. The van der Waals surface area contributed by atoms with Gasteiger partial charge in [0.05, 0.1) is 44.2 Å². The molecule has 0 radical (unpaired) electrons. The van der Waals surface area contributed by atoms with Crippen LogP contribution in [0.1, 0.15) is 33.6 Å². The van der Waals surface area contributed by atoms with E-state index in [0.29, 0.717) is 29.4 Å². The van der Waals surface area contributed by atoms with Crippen LogP contribution in [0.2, 0.25) is 0 Å². The molecule has 1 saturated heterocycles. The number of hydrogen-bond acceptors (Lipinski definition) is 10. The maximum absolute atomic E-state index is 12.9. The summed E-state index contributed by atoms with van der Waals surface area (Å²) in [5.74, 6) is -2.27. The zero-order valence-electron chi connectivity index (χ0n) is 27.9. The quantitative estimate of drug-likeness (QED) is 0.0847. The average Bonchev–Trinajstić information content (AvgIpc) is 3.69. The fraction of sp³-hybridized carbons (Fsp3) is 0.278. The molecular formula is C36H36N6O10. The van der Waals surface area contributed by atoms with Crippen molar-refractivity contribution in [3.63, 3.8) is 0 Å². The van der Waals surface area contributed by atoms with Crippen LogP contribution in [-0.4, -0.2) is 97.7 Å². The molecule has 16 heteroatoms. The van der Waals surface area contributed by atoms with Gasteiger partial charge in [-0.25, -0.2) is 4.79 Å². The van der Waals surface area contributed by atoms with Crippen molar-refractivity contribution in [3.8, 4) is 5.75 Å². The summed E-state index contributed by atoms with van der Waals surface area (Å²) in [6.45, 7) is 1.29. The monoisotopic (exact) mass is 712 g/mol. The van der Waals surface area contributed by atoms with E-state index in [1.165, 1.54) is 12.1 Å². The number of imide groups is 2. The third-order valence-corrected chi connectivity index (χ3v) is 8.12. The smallest absolute Gasteiger partial charge is 0.323 e. The number of aromatic amines is 1. The average molecular weight is 713 g/mol. The lowest BCUT2D eigenvalue weighted by atomic mass is 10.0. The number of amides is 7. The summed E-state index contributed by atoms with van der Waals surface area (Å²) in [6, 6.07) is 17.2. The molecule has 4 aromatic rings. The van der Waals surface area contributed by atoms with E-state index in [-0.39, 0.29) is 69.5 Å². The third kappa shape index (κ3) is 8.97. The maximum Gasteiger partial charge on any atom is 0.323 e. The number of carbonyl (C=O) groups is 6. The largest absolute Gasteiger partial charge is 0.491 e. The normalized spacial score (nSPS) is 15.4. The molecular weight excluding hydrogens is 676 g/mol. The summed E-state index contributed by atoms with van der Waals surface area (Å²) in [5.41, 5.74) is 3.05. The van der Waals surface area contributed by atoms with Crippen LogP contribution in [0.5, 0.6) is 5.75 Å².